The Kier molecular flexibility index (Phi) is 4.89. The van der Waals surface area contributed by atoms with E-state index >= 15 is 0 Å². The summed E-state index contributed by atoms with van der Waals surface area (Å²) in [6.07, 6.45) is 4.61. The molecular formula is C14H24N6. The smallest absolute Gasteiger partial charge is 0.148 e. The van der Waals surface area contributed by atoms with E-state index in [-0.39, 0.29) is 0 Å². The van der Waals surface area contributed by atoms with Crippen LogP contribution in [0.2, 0.25) is 0 Å². The lowest BCUT2D eigenvalue weighted by atomic mass is 10.2. The quantitative estimate of drug-likeness (QED) is 0.837. The van der Waals surface area contributed by atoms with Crippen molar-refractivity contribution in [1.82, 2.24) is 29.9 Å². The largest absolute Gasteiger partial charge is 0.310 e. The number of hydrogen-bond donors (Lipinski definition) is 1. The molecule has 0 unspecified atom stereocenters. The van der Waals surface area contributed by atoms with Gasteiger partial charge in [0.2, 0.25) is 0 Å². The molecule has 110 valence electrons. The third kappa shape index (κ3) is 3.45. The molecule has 0 atom stereocenters. The molecule has 0 spiro atoms. The van der Waals surface area contributed by atoms with Crippen LogP contribution in [0.5, 0.6) is 0 Å². The van der Waals surface area contributed by atoms with Gasteiger partial charge in [-0.15, -0.1) is 0 Å². The monoisotopic (exact) mass is 276 g/mol. The van der Waals surface area contributed by atoms with Gasteiger partial charge in [0.1, 0.15) is 18.7 Å². The zero-order valence-electron chi connectivity index (χ0n) is 12.8. The Labute approximate surface area is 120 Å². The molecule has 0 saturated carbocycles. The van der Waals surface area contributed by atoms with Gasteiger partial charge in [0, 0.05) is 30.4 Å². The molecule has 0 fully saturated rings. The van der Waals surface area contributed by atoms with Crippen molar-refractivity contribution in [2.24, 2.45) is 0 Å². The summed E-state index contributed by atoms with van der Waals surface area (Å²) in [6.45, 7) is 11.0. The zero-order valence-corrected chi connectivity index (χ0v) is 12.8. The van der Waals surface area contributed by atoms with E-state index in [0.717, 1.165) is 25.3 Å². The maximum Gasteiger partial charge on any atom is 0.148 e. The van der Waals surface area contributed by atoms with Crippen molar-refractivity contribution in [3.05, 3.63) is 29.6 Å². The van der Waals surface area contributed by atoms with E-state index in [2.05, 4.69) is 48.2 Å². The maximum atomic E-state index is 4.47. The van der Waals surface area contributed by atoms with Crippen LogP contribution in [0.4, 0.5) is 0 Å². The van der Waals surface area contributed by atoms with Gasteiger partial charge in [-0.2, -0.15) is 10.2 Å². The number of nitrogens with zero attached hydrogens (tertiary/aromatic N) is 5. The molecule has 2 aromatic heterocycles. The Morgan fingerprint density at radius 3 is 2.75 bits per heavy atom. The van der Waals surface area contributed by atoms with E-state index in [0.29, 0.717) is 12.6 Å². The molecule has 0 radical (unpaired) electrons. The van der Waals surface area contributed by atoms with Gasteiger partial charge in [0.25, 0.3) is 0 Å². The Morgan fingerprint density at radius 2 is 2.05 bits per heavy atom. The molecule has 6 nitrogen and oxygen atoms in total. The molecule has 0 bridgehead atoms. The SMILES string of the molecule is CCCn1ncnc1Cn1ncc(CNC(C)C)c1C. The predicted octanol–water partition coefficient (Wildman–Crippen LogP) is 1.74. The number of rotatable bonds is 7. The lowest BCUT2D eigenvalue weighted by Crippen LogP contribution is -2.22. The lowest BCUT2D eigenvalue weighted by Gasteiger charge is -2.09. The van der Waals surface area contributed by atoms with E-state index in [4.69, 9.17) is 0 Å². The Hall–Kier alpha value is -1.69. The van der Waals surface area contributed by atoms with Gasteiger partial charge in [-0.25, -0.2) is 9.67 Å². The first-order chi connectivity index (χ1) is 9.61. The van der Waals surface area contributed by atoms with E-state index in [1.165, 1.54) is 11.3 Å². The second-order valence-corrected chi connectivity index (χ2v) is 5.35. The molecule has 0 aromatic carbocycles. The second kappa shape index (κ2) is 6.65. The van der Waals surface area contributed by atoms with Crippen LogP contribution in [0.3, 0.4) is 0 Å². The highest BCUT2D eigenvalue weighted by Crippen LogP contribution is 2.09. The summed E-state index contributed by atoms with van der Waals surface area (Å²) in [5.41, 5.74) is 2.42. The summed E-state index contributed by atoms with van der Waals surface area (Å²) in [4.78, 5) is 4.33. The molecule has 6 heteroatoms. The number of aryl methyl sites for hydroxylation is 1. The molecule has 2 rings (SSSR count). The molecular weight excluding hydrogens is 252 g/mol. The van der Waals surface area contributed by atoms with Crippen LogP contribution < -0.4 is 5.32 Å². The fourth-order valence-electron chi connectivity index (χ4n) is 2.08. The third-order valence-corrected chi connectivity index (χ3v) is 3.33. The lowest BCUT2D eigenvalue weighted by molar-refractivity contribution is 0.533. The van der Waals surface area contributed by atoms with Crippen molar-refractivity contribution in [1.29, 1.82) is 0 Å². The topological polar surface area (TPSA) is 60.6 Å². The highest BCUT2D eigenvalue weighted by atomic mass is 15.4. The van der Waals surface area contributed by atoms with Crippen LogP contribution in [0.15, 0.2) is 12.5 Å². The molecule has 0 aliphatic rings. The normalized spacial score (nSPS) is 11.4. The van der Waals surface area contributed by atoms with E-state index in [1.54, 1.807) is 6.33 Å². The van der Waals surface area contributed by atoms with Gasteiger partial charge in [-0.3, -0.25) is 4.68 Å². The van der Waals surface area contributed by atoms with E-state index < -0.39 is 0 Å². The average molecular weight is 276 g/mol. The van der Waals surface area contributed by atoms with Crippen molar-refractivity contribution < 1.29 is 0 Å². The van der Waals surface area contributed by atoms with Crippen LogP contribution in [0.25, 0.3) is 0 Å². The standard InChI is InChI=1S/C14H24N6/c1-5-6-19-14(16-10-18-19)9-20-12(4)13(8-17-20)7-15-11(2)3/h8,10-11,15H,5-7,9H2,1-4H3. The van der Waals surface area contributed by atoms with Gasteiger partial charge < -0.3 is 5.32 Å². The number of nitrogens with one attached hydrogen (secondary N) is 1. The molecule has 1 N–H and O–H groups in total. The molecule has 0 amide bonds. The summed E-state index contributed by atoms with van der Waals surface area (Å²) >= 11 is 0. The summed E-state index contributed by atoms with van der Waals surface area (Å²) in [5.74, 6) is 0.960. The first-order valence-electron chi connectivity index (χ1n) is 7.23. The number of hydrogen-bond acceptors (Lipinski definition) is 4. The van der Waals surface area contributed by atoms with Crippen molar-refractivity contribution in [3.63, 3.8) is 0 Å². The average Bonchev–Trinajstić information content (AvgIpc) is 2.97. The van der Waals surface area contributed by atoms with E-state index in [9.17, 15) is 0 Å². The molecule has 0 aliphatic carbocycles. The summed E-state index contributed by atoms with van der Waals surface area (Å²) in [5, 5.41) is 12.1. The van der Waals surface area contributed by atoms with Crippen LogP contribution in [0, 0.1) is 6.92 Å². The fraction of sp³-hybridized carbons (Fsp3) is 0.643. The van der Waals surface area contributed by atoms with Gasteiger partial charge in [-0.1, -0.05) is 20.8 Å². The Bertz CT molecular complexity index is 540. The van der Waals surface area contributed by atoms with Gasteiger partial charge in [0.05, 0.1) is 6.20 Å². The van der Waals surface area contributed by atoms with Crippen molar-refractivity contribution in [2.45, 2.75) is 59.8 Å². The number of aromatic nitrogens is 5. The summed E-state index contributed by atoms with van der Waals surface area (Å²) in [6, 6.07) is 0.477. The van der Waals surface area contributed by atoms with Crippen LogP contribution >= 0.6 is 0 Å². The fourth-order valence-corrected chi connectivity index (χ4v) is 2.08. The minimum Gasteiger partial charge on any atom is -0.310 e. The summed E-state index contributed by atoms with van der Waals surface area (Å²) < 4.78 is 3.95. The Balaban J connectivity index is 2.08. The summed E-state index contributed by atoms with van der Waals surface area (Å²) in [7, 11) is 0. The minimum atomic E-state index is 0.477. The highest BCUT2D eigenvalue weighted by Gasteiger charge is 2.10. The molecule has 20 heavy (non-hydrogen) atoms. The molecule has 0 aliphatic heterocycles. The van der Waals surface area contributed by atoms with Crippen molar-refractivity contribution in [3.8, 4) is 0 Å². The molecule has 0 saturated heterocycles. The Morgan fingerprint density at radius 1 is 1.25 bits per heavy atom. The maximum absolute atomic E-state index is 4.47. The van der Waals surface area contributed by atoms with Crippen LogP contribution in [-0.2, 0) is 19.6 Å². The first kappa shape index (κ1) is 14.7. The second-order valence-electron chi connectivity index (χ2n) is 5.35. The minimum absolute atomic E-state index is 0.477. The van der Waals surface area contributed by atoms with Crippen LogP contribution in [0.1, 0.15) is 44.3 Å². The van der Waals surface area contributed by atoms with Crippen LogP contribution in [-0.4, -0.2) is 30.6 Å². The van der Waals surface area contributed by atoms with Crippen molar-refractivity contribution >= 4 is 0 Å². The third-order valence-electron chi connectivity index (χ3n) is 3.33. The first-order valence-corrected chi connectivity index (χ1v) is 7.23. The van der Waals surface area contributed by atoms with Gasteiger partial charge >= 0.3 is 0 Å². The highest BCUT2D eigenvalue weighted by molar-refractivity contribution is 5.16. The molecule has 2 heterocycles. The van der Waals surface area contributed by atoms with Crippen molar-refractivity contribution in [2.75, 3.05) is 0 Å². The predicted molar refractivity (Wildman–Crippen MR) is 78.4 cm³/mol. The van der Waals surface area contributed by atoms with E-state index in [1.807, 2.05) is 15.6 Å². The van der Waals surface area contributed by atoms with Gasteiger partial charge in [-0.05, 0) is 13.3 Å². The molecule has 2 aromatic rings. The van der Waals surface area contributed by atoms with Gasteiger partial charge in [0.15, 0.2) is 0 Å². The zero-order chi connectivity index (χ0) is 14.5.